The minimum atomic E-state index is -4.53. The zero-order valence-electron chi connectivity index (χ0n) is 10.9. The number of amides is 1. The van der Waals surface area contributed by atoms with E-state index in [1.165, 1.54) is 0 Å². The summed E-state index contributed by atoms with van der Waals surface area (Å²) >= 11 is 0. The van der Waals surface area contributed by atoms with E-state index in [1.54, 1.807) is 0 Å². The van der Waals surface area contributed by atoms with Crippen molar-refractivity contribution in [2.75, 3.05) is 0 Å². The first kappa shape index (κ1) is 14.6. The molecular formula is C13H15F3N2O2. The van der Waals surface area contributed by atoms with Crippen LogP contribution in [-0.2, 0) is 17.5 Å². The molecule has 0 saturated heterocycles. The summed E-state index contributed by atoms with van der Waals surface area (Å²) in [4.78, 5) is 23.2. The predicted octanol–water partition coefficient (Wildman–Crippen LogP) is 1.78. The van der Waals surface area contributed by atoms with E-state index in [2.05, 4.69) is 5.32 Å². The van der Waals surface area contributed by atoms with E-state index in [1.807, 2.05) is 6.92 Å². The summed E-state index contributed by atoms with van der Waals surface area (Å²) in [5, 5.41) is 2.70. The molecule has 1 saturated carbocycles. The van der Waals surface area contributed by atoms with Crippen molar-refractivity contribution in [2.45, 2.75) is 38.5 Å². The Balaban J connectivity index is 2.07. The van der Waals surface area contributed by atoms with Gasteiger partial charge in [-0.3, -0.25) is 9.59 Å². The van der Waals surface area contributed by atoms with E-state index in [9.17, 15) is 22.8 Å². The quantitative estimate of drug-likeness (QED) is 0.918. The molecule has 2 rings (SSSR count). The lowest BCUT2D eigenvalue weighted by atomic mass is 10.2. The molecule has 7 heteroatoms. The number of hydrogen-bond donors (Lipinski definition) is 1. The van der Waals surface area contributed by atoms with Crippen LogP contribution in [0.15, 0.2) is 23.1 Å². The van der Waals surface area contributed by atoms with Crippen LogP contribution >= 0.6 is 0 Å². The number of nitrogens with one attached hydrogen (secondary N) is 1. The Morgan fingerprint density at radius 3 is 2.65 bits per heavy atom. The number of alkyl halides is 3. The highest BCUT2D eigenvalue weighted by Crippen LogP contribution is 2.32. The molecule has 4 nitrogen and oxygen atoms in total. The van der Waals surface area contributed by atoms with Crippen LogP contribution in [0.25, 0.3) is 0 Å². The Kier molecular flexibility index (Phi) is 3.87. The standard InChI is InChI=1S/C13H15F3N2O2/c1-8(9-2-3-9)17-11(19)7-18-6-10(13(14,15)16)4-5-12(18)20/h4-6,8-9H,2-3,7H2,1H3,(H,17,19)/t8-/m0/s1. The van der Waals surface area contributed by atoms with Crippen LogP contribution < -0.4 is 10.9 Å². The van der Waals surface area contributed by atoms with Gasteiger partial charge in [-0.15, -0.1) is 0 Å². The van der Waals surface area contributed by atoms with E-state index in [0.29, 0.717) is 18.2 Å². The van der Waals surface area contributed by atoms with Crippen molar-refractivity contribution in [3.05, 3.63) is 34.2 Å². The number of aromatic nitrogens is 1. The highest BCUT2D eigenvalue weighted by atomic mass is 19.4. The predicted molar refractivity (Wildman–Crippen MR) is 66.0 cm³/mol. The van der Waals surface area contributed by atoms with E-state index in [4.69, 9.17) is 0 Å². The second-order valence-electron chi connectivity index (χ2n) is 5.08. The van der Waals surface area contributed by atoms with Crippen LogP contribution in [-0.4, -0.2) is 16.5 Å². The summed E-state index contributed by atoms with van der Waals surface area (Å²) in [5.41, 5.74) is -1.58. The molecule has 1 heterocycles. The third-order valence-electron chi connectivity index (χ3n) is 3.34. The fourth-order valence-corrected chi connectivity index (χ4v) is 1.99. The van der Waals surface area contributed by atoms with Crippen molar-refractivity contribution < 1.29 is 18.0 Å². The summed E-state index contributed by atoms with van der Waals surface area (Å²) < 4.78 is 38.4. The first-order chi connectivity index (χ1) is 9.27. The Labute approximate surface area is 113 Å². The molecule has 1 aliphatic rings. The van der Waals surface area contributed by atoms with Crippen molar-refractivity contribution >= 4 is 5.91 Å². The molecule has 1 N–H and O–H groups in total. The third kappa shape index (κ3) is 3.61. The maximum absolute atomic E-state index is 12.5. The Hall–Kier alpha value is -1.79. The number of halogens is 3. The average Bonchev–Trinajstić information content (AvgIpc) is 3.14. The summed E-state index contributed by atoms with van der Waals surface area (Å²) in [6.45, 7) is 1.45. The maximum Gasteiger partial charge on any atom is 0.417 e. The van der Waals surface area contributed by atoms with E-state index >= 15 is 0 Å². The second-order valence-corrected chi connectivity index (χ2v) is 5.08. The van der Waals surface area contributed by atoms with Gasteiger partial charge in [0.25, 0.3) is 5.56 Å². The molecule has 1 amide bonds. The highest BCUT2D eigenvalue weighted by molar-refractivity contribution is 5.76. The molecule has 0 unspecified atom stereocenters. The van der Waals surface area contributed by atoms with Crippen molar-refractivity contribution in [1.29, 1.82) is 0 Å². The smallest absolute Gasteiger partial charge is 0.352 e. The molecule has 0 radical (unpaired) electrons. The van der Waals surface area contributed by atoms with Gasteiger partial charge in [-0.05, 0) is 31.7 Å². The van der Waals surface area contributed by atoms with Crippen molar-refractivity contribution in [3.8, 4) is 0 Å². The summed E-state index contributed by atoms with van der Waals surface area (Å²) in [5.74, 6) is -0.0111. The Bertz CT molecular complexity index is 561. The highest BCUT2D eigenvalue weighted by Gasteiger charge is 2.31. The van der Waals surface area contributed by atoms with Gasteiger partial charge in [0, 0.05) is 18.3 Å². The molecule has 110 valence electrons. The number of carbonyl (C=O) groups excluding carboxylic acids is 1. The molecule has 1 atom stereocenters. The molecule has 1 aliphatic carbocycles. The molecule has 1 aromatic heterocycles. The maximum atomic E-state index is 12.5. The van der Waals surface area contributed by atoms with Gasteiger partial charge >= 0.3 is 6.18 Å². The van der Waals surface area contributed by atoms with Gasteiger partial charge in [0.15, 0.2) is 0 Å². The van der Waals surface area contributed by atoms with Crippen LogP contribution in [0.1, 0.15) is 25.3 Å². The summed E-state index contributed by atoms with van der Waals surface area (Å²) in [7, 11) is 0. The van der Waals surface area contributed by atoms with Crippen molar-refractivity contribution in [2.24, 2.45) is 5.92 Å². The zero-order valence-corrected chi connectivity index (χ0v) is 10.9. The Morgan fingerprint density at radius 1 is 1.45 bits per heavy atom. The minimum Gasteiger partial charge on any atom is -0.352 e. The van der Waals surface area contributed by atoms with E-state index in [-0.39, 0.29) is 6.04 Å². The van der Waals surface area contributed by atoms with Crippen LogP contribution in [0, 0.1) is 5.92 Å². The lowest BCUT2D eigenvalue weighted by Gasteiger charge is -2.14. The SMILES string of the molecule is C[C@H](NC(=O)Cn1cc(C(F)(F)F)ccc1=O)C1CC1. The van der Waals surface area contributed by atoms with Crippen LogP contribution in [0.2, 0.25) is 0 Å². The number of rotatable bonds is 4. The molecule has 0 aliphatic heterocycles. The molecule has 20 heavy (non-hydrogen) atoms. The summed E-state index contributed by atoms with van der Waals surface area (Å²) in [6.07, 6.45) is -1.77. The molecule has 1 aromatic rings. The molecule has 0 bridgehead atoms. The number of hydrogen-bond acceptors (Lipinski definition) is 2. The number of nitrogens with zero attached hydrogens (tertiary/aromatic N) is 1. The second kappa shape index (κ2) is 5.30. The van der Waals surface area contributed by atoms with Gasteiger partial charge < -0.3 is 9.88 Å². The average molecular weight is 288 g/mol. The lowest BCUT2D eigenvalue weighted by molar-refractivity contribution is -0.138. The van der Waals surface area contributed by atoms with Crippen LogP contribution in [0.3, 0.4) is 0 Å². The fourth-order valence-electron chi connectivity index (χ4n) is 1.99. The fraction of sp³-hybridized carbons (Fsp3) is 0.538. The van der Waals surface area contributed by atoms with Gasteiger partial charge in [0.05, 0.1) is 5.56 Å². The van der Waals surface area contributed by atoms with Gasteiger partial charge in [0.1, 0.15) is 6.54 Å². The van der Waals surface area contributed by atoms with Gasteiger partial charge in [0.2, 0.25) is 5.91 Å². The van der Waals surface area contributed by atoms with E-state index in [0.717, 1.165) is 23.5 Å². The van der Waals surface area contributed by atoms with E-state index < -0.39 is 29.8 Å². The topological polar surface area (TPSA) is 51.1 Å². The largest absolute Gasteiger partial charge is 0.417 e. The van der Waals surface area contributed by atoms with Gasteiger partial charge in [-0.2, -0.15) is 13.2 Å². The number of pyridine rings is 1. The van der Waals surface area contributed by atoms with Crippen molar-refractivity contribution in [1.82, 2.24) is 9.88 Å². The monoisotopic (exact) mass is 288 g/mol. The first-order valence-corrected chi connectivity index (χ1v) is 6.34. The molecule has 1 fully saturated rings. The summed E-state index contributed by atoms with van der Waals surface area (Å²) in [6, 6.07) is 1.52. The van der Waals surface area contributed by atoms with Crippen molar-refractivity contribution in [3.63, 3.8) is 0 Å². The Morgan fingerprint density at radius 2 is 2.10 bits per heavy atom. The van der Waals surface area contributed by atoms with Crippen LogP contribution in [0.5, 0.6) is 0 Å². The third-order valence-corrected chi connectivity index (χ3v) is 3.34. The molecule has 0 aromatic carbocycles. The first-order valence-electron chi connectivity index (χ1n) is 6.34. The lowest BCUT2D eigenvalue weighted by Crippen LogP contribution is -2.38. The van der Waals surface area contributed by atoms with Gasteiger partial charge in [-0.25, -0.2) is 0 Å². The zero-order chi connectivity index (χ0) is 14.9. The van der Waals surface area contributed by atoms with Crippen LogP contribution in [0.4, 0.5) is 13.2 Å². The number of carbonyl (C=O) groups is 1. The molecular weight excluding hydrogens is 273 g/mol. The van der Waals surface area contributed by atoms with Gasteiger partial charge in [-0.1, -0.05) is 0 Å². The minimum absolute atomic E-state index is 0.0102. The molecule has 0 spiro atoms. The normalized spacial score (nSPS) is 16.8.